The zero-order valence-corrected chi connectivity index (χ0v) is 14.9. The average Bonchev–Trinajstić information content (AvgIpc) is 3.08. The molecule has 1 N–H and O–H groups in total. The number of nitrogens with one attached hydrogen (secondary N) is 1. The van der Waals surface area contributed by atoms with Crippen molar-refractivity contribution in [3.63, 3.8) is 0 Å². The number of carbonyl (C=O) groups is 1. The highest BCUT2D eigenvalue weighted by Gasteiger charge is 2.20. The van der Waals surface area contributed by atoms with Gasteiger partial charge in [-0.05, 0) is 36.6 Å². The van der Waals surface area contributed by atoms with Crippen LogP contribution in [0.5, 0.6) is 0 Å². The number of carbonyl (C=O) groups excluding carboxylic acids is 1. The van der Waals surface area contributed by atoms with E-state index >= 15 is 0 Å². The van der Waals surface area contributed by atoms with Gasteiger partial charge in [-0.25, -0.2) is 4.68 Å². The molecule has 1 aliphatic heterocycles. The van der Waals surface area contributed by atoms with E-state index in [1.165, 1.54) is 11.1 Å². The quantitative estimate of drug-likeness (QED) is 0.765. The zero-order valence-electron chi connectivity index (χ0n) is 14.9. The molecule has 0 saturated heterocycles. The second kappa shape index (κ2) is 7.25. The van der Waals surface area contributed by atoms with Gasteiger partial charge in [0.25, 0.3) is 0 Å². The molecule has 1 aliphatic rings. The Bertz CT molecular complexity index is 919. The zero-order chi connectivity index (χ0) is 17.9. The van der Waals surface area contributed by atoms with E-state index in [4.69, 9.17) is 0 Å². The van der Waals surface area contributed by atoms with Gasteiger partial charge in [-0.2, -0.15) is 0 Å². The van der Waals surface area contributed by atoms with Gasteiger partial charge in [-0.15, -0.1) is 5.10 Å². The van der Waals surface area contributed by atoms with Crippen molar-refractivity contribution in [1.29, 1.82) is 0 Å². The van der Waals surface area contributed by atoms with Crippen LogP contribution in [0.25, 0.3) is 11.0 Å². The minimum Gasteiger partial charge on any atom is -0.353 e. The van der Waals surface area contributed by atoms with Crippen molar-refractivity contribution in [2.45, 2.75) is 32.5 Å². The maximum Gasteiger partial charge on any atom is 0.241 e. The molecule has 2 aromatic carbocycles. The topological polar surface area (TPSA) is 63.1 Å². The molecule has 6 heteroatoms. The van der Waals surface area contributed by atoms with Crippen LogP contribution in [0.15, 0.2) is 48.5 Å². The standard InChI is InChI=1S/C20H23N5O/c1-15(24-11-10-16-6-2-3-7-17(16)13-24)12-21-20(26)14-25-19-9-5-4-8-18(19)22-23-25/h2-9,15H,10-14H2,1H3,(H,21,26). The van der Waals surface area contributed by atoms with Crippen molar-refractivity contribution in [2.24, 2.45) is 0 Å². The highest BCUT2D eigenvalue weighted by molar-refractivity contribution is 5.79. The fourth-order valence-corrected chi connectivity index (χ4v) is 3.51. The summed E-state index contributed by atoms with van der Waals surface area (Å²) in [5.74, 6) is -0.0371. The Hall–Kier alpha value is -2.73. The Kier molecular flexibility index (Phi) is 4.67. The second-order valence-corrected chi connectivity index (χ2v) is 6.88. The van der Waals surface area contributed by atoms with E-state index in [1.807, 2.05) is 24.3 Å². The number of benzene rings is 2. The lowest BCUT2D eigenvalue weighted by Crippen LogP contribution is -2.45. The summed E-state index contributed by atoms with van der Waals surface area (Å²) >= 11 is 0. The van der Waals surface area contributed by atoms with Crippen LogP contribution < -0.4 is 5.32 Å². The highest BCUT2D eigenvalue weighted by atomic mass is 16.2. The van der Waals surface area contributed by atoms with Crippen molar-refractivity contribution in [2.75, 3.05) is 13.1 Å². The molecule has 26 heavy (non-hydrogen) atoms. The van der Waals surface area contributed by atoms with Gasteiger partial charge >= 0.3 is 0 Å². The molecule has 3 aromatic rings. The minimum absolute atomic E-state index is 0.0371. The second-order valence-electron chi connectivity index (χ2n) is 6.88. The van der Waals surface area contributed by atoms with Crippen LogP contribution in [-0.4, -0.2) is 44.9 Å². The summed E-state index contributed by atoms with van der Waals surface area (Å²) in [7, 11) is 0. The highest BCUT2D eigenvalue weighted by Crippen LogP contribution is 2.20. The maximum absolute atomic E-state index is 12.3. The summed E-state index contributed by atoms with van der Waals surface area (Å²) in [6.45, 7) is 4.96. The van der Waals surface area contributed by atoms with Crippen molar-refractivity contribution < 1.29 is 4.79 Å². The molecule has 6 nitrogen and oxygen atoms in total. The summed E-state index contributed by atoms with van der Waals surface area (Å²) in [4.78, 5) is 14.7. The van der Waals surface area contributed by atoms with Crippen LogP contribution in [0, 0.1) is 0 Å². The summed E-state index contributed by atoms with van der Waals surface area (Å²) < 4.78 is 1.65. The molecule has 2 heterocycles. The summed E-state index contributed by atoms with van der Waals surface area (Å²) in [6.07, 6.45) is 1.07. The van der Waals surface area contributed by atoms with E-state index in [2.05, 4.69) is 51.7 Å². The summed E-state index contributed by atoms with van der Waals surface area (Å²) in [6, 6.07) is 16.6. The molecular formula is C20H23N5O. The van der Waals surface area contributed by atoms with E-state index in [1.54, 1.807) is 4.68 Å². The average molecular weight is 349 g/mol. The lowest BCUT2D eigenvalue weighted by Gasteiger charge is -2.33. The first-order chi connectivity index (χ1) is 12.7. The molecule has 0 spiro atoms. The molecule has 0 fully saturated rings. The first-order valence-corrected chi connectivity index (χ1v) is 9.06. The lowest BCUT2D eigenvalue weighted by molar-refractivity contribution is -0.122. The number of aromatic nitrogens is 3. The number of para-hydroxylation sites is 1. The van der Waals surface area contributed by atoms with Crippen LogP contribution in [0.3, 0.4) is 0 Å². The predicted octanol–water partition coefficient (Wildman–Crippen LogP) is 1.99. The predicted molar refractivity (Wildman–Crippen MR) is 101 cm³/mol. The Morgan fingerprint density at radius 2 is 1.92 bits per heavy atom. The molecule has 1 atom stereocenters. The fraction of sp³-hybridized carbons (Fsp3) is 0.350. The largest absolute Gasteiger partial charge is 0.353 e. The molecule has 4 rings (SSSR count). The molecule has 1 unspecified atom stereocenters. The van der Waals surface area contributed by atoms with Gasteiger partial charge in [0.15, 0.2) is 0 Å². The van der Waals surface area contributed by atoms with E-state index < -0.39 is 0 Å². The fourth-order valence-electron chi connectivity index (χ4n) is 3.51. The van der Waals surface area contributed by atoms with Crippen molar-refractivity contribution in [3.8, 4) is 0 Å². The van der Waals surface area contributed by atoms with Crippen LogP contribution in [0.1, 0.15) is 18.1 Å². The third kappa shape index (κ3) is 3.46. The third-order valence-electron chi connectivity index (χ3n) is 5.09. The summed E-state index contributed by atoms with van der Waals surface area (Å²) in [5.41, 5.74) is 4.52. The first kappa shape index (κ1) is 16.7. The van der Waals surface area contributed by atoms with Crippen molar-refractivity contribution in [3.05, 3.63) is 59.7 Å². The van der Waals surface area contributed by atoms with Crippen LogP contribution in [0.2, 0.25) is 0 Å². The number of fused-ring (bicyclic) bond motifs is 2. The molecule has 134 valence electrons. The van der Waals surface area contributed by atoms with E-state index in [9.17, 15) is 4.79 Å². The monoisotopic (exact) mass is 349 g/mol. The number of hydrogen-bond acceptors (Lipinski definition) is 4. The Morgan fingerprint density at radius 1 is 1.15 bits per heavy atom. The molecular weight excluding hydrogens is 326 g/mol. The molecule has 0 aliphatic carbocycles. The van der Waals surface area contributed by atoms with Gasteiger partial charge in [0.1, 0.15) is 12.1 Å². The van der Waals surface area contributed by atoms with Gasteiger partial charge in [-0.1, -0.05) is 41.6 Å². The molecule has 1 amide bonds. The van der Waals surface area contributed by atoms with Gasteiger partial charge < -0.3 is 5.32 Å². The summed E-state index contributed by atoms with van der Waals surface area (Å²) in [5, 5.41) is 11.2. The number of rotatable bonds is 5. The number of hydrogen-bond donors (Lipinski definition) is 1. The van der Waals surface area contributed by atoms with Gasteiger partial charge in [0.2, 0.25) is 5.91 Å². The van der Waals surface area contributed by atoms with Crippen LogP contribution in [0.4, 0.5) is 0 Å². The third-order valence-corrected chi connectivity index (χ3v) is 5.09. The van der Waals surface area contributed by atoms with Crippen LogP contribution in [-0.2, 0) is 24.3 Å². The van der Waals surface area contributed by atoms with Crippen LogP contribution >= 0.6 is 0 Å². The lowest BCUT2D eigenvalue weighted by atomic mass is 9.99. The van der Waals surface area contributed by atoms with Gasteiger partial charge in [0.05, 0.1) is 5.52 Å². The van der Waals surface area contributed by atoms with Gasteiger partial charge in [0, 0.05) is 25.7 Å². The smallest absolute Gasteiger partial charge is 0.241 e. The Labute approximate surface area is 152 Å². The SMILES string of the molecule is CC(CNC(=O)Cn1nnc2ccccc21)N1CCc2ccccc2C1. The molecule has 0 saturated carbocycles. The molecule has 0 radical (unpaired) electrons. The molecule has 0 bridgehead atoms. The normalized spacial score (nSPS) is 15.6. The Balaban J connectivity index is 1.32. The number of nitrogens with zero attached hydrogens (tertiary/aromatic N) is 4. The van der Waals surface area contributed by atoms with E-state index in [0.29, 0.717) is 12.6 Å². The van der Waals surface area contributed by atoms with E-state index in [0.717, 1.165) is 30.5 Å². The minimum atomic E-state index is -0.0371. The first-order valence-electron chi connectivity index (χ1n) is 9.06. The maximum atomic E-state index is 12.3. The Morgan fingerprint density at radius 3 is 2.81 bits per heavy atom. The van der Waals surface area contributed by atoms with Crippen molar-refractivity contribution >= 4 is 16.9 Å². The molecule has 1 aromatic heterocycles. The van der Waals surface area contributed by atoms with Crippen molar-refractivity contribution in [1.82, 2.24) is 25.2 Å². The number of amides is 1. The van der Waals surface area contributed by atoms with Gasteiger partial charge in [-0.3, -0.25) is 9.69 Å². The van der Waals surface area contributed by atoms with E-state index in [-0.39, 0.29) is 12.5 Å².